The molecule has 0 bridgehead atoms. The van der Waals surface area contributed by atoms with Crippen molar-refractivity contribution in [2.75, 3.05) is 40.4 Å². The fourth-order valence-corrected chi connectivity index (χ4v) is 11.6. The summed E-state index contributed by atoms with van der Waals surface area (Å²) in [4.78, 5) is 38.7. The lowest BCUT2D eigenvalue weighted by molar-refractivity contribution is 0.0194. The summed E-state index contributed by atoms with van der Waals surface area (Å²) < 4.78 is 24.0. The Labute approximate surface area is 431 Å². The molecule has 13 heteroatoms. The van der Waals surface area contributed by atoms with Crippen LogP contribution in [0.25, 0.3) is 22.5 Å². The van der Waals surface area contributed by atoms with Crippen molar-refractivity contribution in [2.45, 2.75) is 195 Å². The zero-order valence-corrected chi connectivity index (χ0v) is 48.9. The van der Waals surface area contributed by atoms with Gasteiger partial charge < -0.3 is 28.7 Å². The number of rotatable bonds is 6. The van der Waals surface area contributed by atoms with Crippen LogP contribution in [0.5, 0.6) is 11.5 Å². The zero-order chi connectivity index (χ0) is 51.8. The summed E-state index contributed by atoms with van der Waals surface area (Å²) in [5, 5.41) is 4.46. The second kappa shape index (κ2) is 21.2. The average molecular weight is 1050 g/mol. The van der Waals surface area contributed by atoms with Gasteiger partial charge in [0.05, 0.1) is 39.4 Å². The summed E-state index contributed by atoms with van der Waals surface area (Å²) in [5.74, 6) is 2.66. The van der Waals surface area contributed by atoms with Crippen molar-refractivity contribution >= 4 is 50.8 Å². The fraction of sp³-hybridized carbons (Fsp3) is 0.643. The SMILES string of the molecule is COc1c(C(C)(C)C)cc(-c2csc(C3CCN(C(=O)OC(C)(C)C)CC3)n2)cc1C(C)(C)C.COc1c(C(C)(C)C)cc(-c2nc(C3CCN(C(=O)OC(C)(C)C)CC3)sc2Br)cc1C(C)(C)C. The Morgan fingerprint density at radius 3 is 1.23 bits per heavy atom. The minimum atomic E-state index is -0.473. The van der Waals surface area contributed by atoms with Crippen molar-refractivity contribution in [1.29, 1.82) is 0 Å². The van der Waals surface area contributed by atoms with Gasteiger partial charge in [0, 0.05) is 76.8 Å². The molecule has 0 spiro atoms. The van der Waals surface area contributed by atoms with E-state index in [-0.39, 0.29) is 33.8 Å². The molecule has 0 N–H and O–H groups in total. The molecule has 2 aromatic heterocycles. The van der Waals surface area contributed by atoms with E-state index in [1.54, 1.807) is 36.9 Å². The highest BCUT2D eigenvalue weighted by Crippen LogP contribution is 2.47. The molecule has 2 amide bonds. The van der Waals surface area contributed by atoms with Gasteiger partial charge in [-0.15, -0.1) is 22.7 Å². The number of amides is 2. The highest BCUT2D eigenvalue weighted by Gasteiger charge is 2.34. The Kier molecular flexibility index (Phi) is 17.3. The van der Waals surface area contributed by atoms with E-state index in [9.17, 15) is 9.59 Å². The number of halogens is 1. The van der Waals surface area contributed by atoms with E-state index in [2.05, 4.69) is 129 Å². The first-order chi connectivity index (χ1) is 31.6. The van der Waals surface area contributed by atoms with Crippen LogP contribution in [0, 0.1) is 0 Å². The second-order valence-corrected chi connectivity index (χ2v) is 28.2. The lowest BCUT2D eigenvalue weighted by Crippen LogP contribution is -2.41. The van der Waals surface area contributed by atoms with Gasteiger partial charge >= 0.3 is 12.2 Å². The molecule has 0 radical (unpaired) electrons. The Hall–Kier alpha value is -3.68. The van der Waals surface area contributed by atoms with Gasteiger partial charge in [-0.25, -0.2) is 19.6 Å². The number of nitrogens with zero attached hydrogens (tertiary/aromatic N) is 4. The van der Waals surface area contributed by atoms with Crippen LogP contribution >= 0.6 is 38.6 Å². The minimum Gasteiger partial charge on any atom is -0.496 e. The third-order valence-electron chi connectivity index (χ3n) is 12.5. The van der Waals surface area contributed by atoms with Gasteiger partial charge in [-0.05, 0) is 129 Å². The first-order valence-corrected chi connectivity index (χ1v) is 27.1. The number of ether oxygens (including phenoxy) is 4. The van der Waals surface area contributed by atoms with Gasteiger partial charge in [-0.1, -0.05) is 83.1 Å². The number of benzene rings is 2. The smallest absolute Gasteiger partial charge is 0.410 e. The van der Waals surface area contributed by atoms with Crippen LogP contribution < -0.4 is 9.47 Å². The van der Waals surface area contributed by atoms with Crippen LogP contribution in [0.1, 0.15) is 194 Å². The number of piperidine rings is 2. The molecule has 69 heavy (non-hydrogen) atoms. The highest BCUT2D eigenvalue weighted by molar-refractivity contribution is 9.11. The van der Waals surface area contributed by atoms with Crippen molar-refractivity contribution < 1.29 is 28.5 Å². The first-order valence-electron chi connectivity index (χ1n) is 24.7. The van der Waals surface area contributed by atoms with Gasteiger partial charge in [0.25, 0.3) is 0 Å². The van der Waals surface area contributed by atoms with Crippen molar-refractivity contribution in [1.82, 2.24) is 19.8 Å². The first kappa shape index (κ1) is 56.2. The van der Waals surface area contributed by atoms with E-state index in [0.717, 1.165) is 73.5 Å². The lowest BCUT2D eigenvalue weighted by atomic mass is 9.78. The van der Waals surface area contributed by atoms with Crippen LogP contribution in [0.3, 0.4) is 0 Å². The summed E-state index contributed by atoms with van der Waals surface area (Å²) >= 11 is 7.26. The number of carbonyl (C=O) groups excluding carboxylic acids is 2. The molecular weight excluding hydrogens is 969 g/mol. The Morgan fingerprint density at radius 1 is 0.551 bits per heavy atom. The van der Waals surface area contributed by atoms with Gasteiger partial charge in [0.1, 0.15) is 22.7 Å². The molecule has 6 rings (SSSR count). The van der Waals surface area contributed by atoms with Gasteiger partial charge in [0.15, 0.2) is 0 Å². The maximum atomic E-state index is 12.5. The van der Waals surface area contributed by atoms with Gasteiger partial charge in [0.2, 0.25) is 0 Å². The molecule has 2 aromatic carbocycles. The van der Waals surface area contributed by atoms with Crippen LogP contribution in [0.2, 0.25) is 0 Å². The van der Waals surface area contributed by atoms with E-state index >= 15 is 0 Å². The molecule has 0 atom stereocenters. The quantitative estimate of drug-likeness (QED) is 0.188. The maximum absolute atomic E-state index is 12.5. The maximum Gasteiger partial charge on any atom is 0.410 e. The summed E-state index contributed by atoms with van der Waals surface area (Å²) in [6.45, 7) is 40.9. The number of methoxy groups -OCH3 is 2. The Bertz CT molecular complexity index is 2350. The summed E-state index contributed by atoms with van der Waals surface area (Å²) in [5.41, 5.74) is 7.88. The molecule has 4 aromatic rings. The van der Waals surface area contributed by atoms with Crippen molar-refractivity contribution in [2.24, 2.45) is 0 Å². The van der Waals surface area contributed by atoms with E-state index in [4.69, 9.17) is 28.9 Å². The molecule has 2 saturated heterocycles. The fourth-order valence-electron chi connectivity index (χ4n) is 8.76. The molecule has 0 aliphatic carbocycles. The van der Waals surface area contributed by atoms with Crippen LogP contribution in [0.15, 0.2) is 33.4 Å². The number of hydrogen-bond donors (Lipinski definition) is 0. The largest absolute Gasteiger partial charge is 0.496 e. The van der Waals surface area contributed by atoms with Crippen LogP contribution in [-0.2, 0) is 31.1 Å². The number of aromatic nitrogens is 2. The molecule has 0 saturated carbocycles. The molecule has 2 aliphatic heterocycles. The molecular formula is C56H83BrN4O6S2. The van der Waals surface area contributed by atoms with Crippen molar-refractivity contribution in [3.05, 3.63) is 65.7 Å². The van der Waals surface area contributed by atoms with Crippen molar-refractivity contribution in [3.8, 4) is 34.0 Å². The molecule has 10 nitrogen and oxygen atoms in total. The number of carbonyl (C=O) groups is 2. The molecule has 0 unspecified atom stereocenters. The van der Waals surface area contributed by atoms with Crippen LogP contribution in [0.4, 0.5) is 9.59 Å². The molecule has 382 valence electrons. The van der Waals surface area contributed by atoms with Gasteiger partial charge in [-0.3, -0.25) is 0 Å². The normalized spacial score (nSPS) is 16.0. The van der Waals surface area contributed by atoms with Gasteiger partial charge in [-0.2, -0.15) is 0 Å². The predicted molar refractivity (Wildman–Crippen MR) is 290 cm³/mol. The van der Waals surface area contributed by atoms with E-state index < -0.39 is 11.2 Å². The Balaban J connectivity index is 0.000000258. The van der Waals surface area contributed by atoms with E-state index in [0.29, 0.717) is 38.0 Å². The lowest BCUT2D eigenvalue weighted by Gasteiger charge is -2.32. The summed E-state index contributed by atoms with van der Waals surface area (Å²) in [6, 6.07) is 8.97. The molecule has 4 heterocycles. The molecule has 2 fully saturated rings. The van der Waals surface area contributed by atoms with Crippen molar-refractivity contribution in [3.63, 3.8) is 0 Å². The average Bonchev–Trinajstić information content (AvgIpc) is 3.88. The summed E-state index contributed by atoms with van der Waals surface area (Å²) in [6.07, 6.45) is 3.17. The Morgan fingerprint density at radius 2 is 0.899 bits per heavy atom. The van der Waals surface area contributed by atoms with E-state index in [1.807, 2.05) is 51.3 Å². The zero-order valence-electron chi connectivity index (χ0n) is 45.6. The standard InChI is InChI=1S/C28H41BrN2O3S.C28H42N2O3S/c1-26(2,3)19-15-18(16-20(22(19)33-10)27(4,5)6)21-23(29)35-24(30-21)17-11-13-31(14-12-17)25(32)34-28(7,8)9;1-26(2,3)20-15-19(16-21(23(20)32-10)27(4,5)6)22-17-34-24(29-22)18-11-13-30(14-12-18)25(31)33-28(7,8)9/h15-17H,11-14H2,1-10H3;15-18H,11-14H2,1-10H3. The van der Waals surface area contributed by atoms with Crippen LogP contribution in [-0.4, -0.2) is 83.6 Å². The monoisotopic (exact) mass is 1050 g/mol. The van der Waals surface area contributed by atoms with E-state index in [1.165, 1.54) is 22.3 Å². The third kappa shape index (κ3) is 14.5. The molecule has 2 aliphatic rings. The highest BCUT2D eigenvalue weighted by atomic mass is 79.9. The minimum absolute atomic E-state index is 0.0469. The third-order valence-corrected chi connectivity index (χ3v) is 15.4. The second-order valence-electron chi connectivity index (χ2n) is 24.9. The topological polar surface area (TPSA) is 103 Å². The summed E-state index contributed by atoms with van der Waals surface area (Å²) in [7, 11) is 3.53. The number of thiazole rings is 2. The number of hydrogen-bond acceptors (Lipinski definition) is 10. The predicted octanol–water partition coefficient (Wildman–Crippen LogP) is 15.8. The number of likely N-dealkylation sites (tertiary alicyclic amines) is 2.